The zero-order valence-electron chi connectivity index (χ0n) is 20.5. The molecule has 1 aliphatic carbocycles. The van der Waals surface area contributed by atoms with Crippen molar-refractivity contribution >= 4 is 28.4 Å². The van der Waals surface area contributed by atoms with Gasteiger partial charge < -0.3 is 20.5 Å². The van der Waals surface area contributed by atoms with Crippen LogP contribution in [-0.2, 0) is 29.3 Å². The molecule has 1 aromatic carbocycles. The summed E-state index contributed by atoms with van der Waals surface area (Å²) in [5, 5.41) is 19.4. The molecule has 0 bridgehead atoms. The Hall–Kier alpha value is -3.45. The number of aryl methyl sites for hydroxylation is 1. The summed E-state index contributed by atoms with van der Waals surface area (Å²) in [5.74, 6) is -0.109. The molecule has 10 nitrogen and oxygen atoms in total. The summed E-state index contributed by atoms with van der Waals surface area (Å²) in [4.78, 5) is 30.0. The topological polar surface area (TPSA) is 123 Å². The summed E-state index contributed by atoms with van der Waals surface area (Å²) in [6.45, 7) is 1.74. The van der Waals surface area contributed by atoms with E-state index in [-0.39, 0.29) is 48.1 Å². The minimum absolute atomic E-state index is 0.0254. The standard InChI is InChI=1S/C24H29F3N6O4/c1-14(34)12-37-18-9-7-16(8-10-18)29-19(35)11-33-13-28-20-21(23(33)36)32(2)31-22(20)30-17-5-3-15(4-6-17)24(25,26)27/h3-6,13-14,16,18,34H,7-12H2,1-2H3,(H,29,35)(H,30,31)/t14-,16-,18-/m0/s1. The number of fused-ring (bicyclic) bond motifs is 1. The van der Waals surface area contributed by atoms with E-state index in [4.69, 9.17) is 4.74 Å². The first-order chi connectivity index (χ1) is 17.5. The van der Waals surface area contributed by atoms with Crippen LogP contribution in [0.5, 0.6) is 0 Å². The Kier molecular flexibility index (Phi) is 7.83. The molecular formula is C24H29F3N6O4. The lowest BCUT2D eigenvalue weighted by atomic mass is 9.93. The number of aliphatic hydroxyl groups excluding tert-OH is 1. The van der Waals surface area contributed by atoms with Crippen LogP contribution < -0.4 is 16.2 Å². The molecule has 3 N–H and O–H groups in total. The molecule has 37 heavy (non-hydrogen) atoms. The maximum absolute atomic E-state index is 13.1. The second kappa shape index (κ2) is 10.9. The minimum atomic E-state index is -4.44. The second-order valence-electron chi connectivity index (χ2n) is 9.27. The molecule has 2 heterocycles. The third-order valence-electron chi connectivity index (χ3n) is 6.21. The number of anilines is 2. The van der Waals surface area contributed by atoms with E-state index in [9.17, 15) is 27.9 Å². The van der Waals surface area contributed by atoms with E-state index < -0.39 is 23.4 Å². The monoisotopic (exact) mass is 522 g/mol. The van der Waals surface area contributed by atoms with E-state index >= 15 is 0 Å². The second-order valence-corrected chi connectivity index (χ2v) is 9.27. The molecule has 1 saturated carbocycles. The molecule has 0 radical (unpaired) electrons. The highest BCUT2D eigenvalue weighted by molar-refractivity contribution is 5.87. The average Bonchev–Trinajstić information content (AvgIpc) is 3.15. The molecule has 3 aromatic rings. The molecule has 1 fully saturated rings. The lowest BCUT2D eigenvalue weighted by Gasteiger charge is -2.29. The Labute approximate surface area is 210 Å². The summed E-state index contributed by atoms with van der Waals surface area (Å²) in [7, 11) is 1.55. The highest BCUT2D eigenvalue weighted by atomic mass is 19.4. The third kappa shape index (κ3) is 6.46. The third-order valence-corrected chi connectivity index (χ3v) is 6.21. The molecule has 0 unspecified atom stereocenters. The van der Waals surface area contributed by atoms with Gasteiger partial charge in [0.05, 0.1) is 30.7 Å². The van der Waals surface area contributed by atoms with Gasteiger partial charge in [0.15, 0.2) is 11.3 Å². The number of hydrogen-bond acceptors (Lipinski definition) is 7. The number of aromatic nitrogens is 4. The Morgan fingerprint density at radius 3 is 2.51 bits per heavy atom. The molecule has 2 aromatic heterocycles. The van der Waals surface area contributed by atoms with Crippen LogP contribution in [0.1, 0.15) is 38.2 Å². The highest BCUT2D eigenvalue weighted by Crippen LogP contribution is 2.31. The number of ether oxygens (including phenoxy) is 1. The quantitative estimate of drug-likeness (QED) is 0.416. The molecule has 13 heteroatoms. The summed E-state index contributed by atoms with van der Waals surface area (Å²) in [6, 6.07) is 4.40. The van der Waals surface area contributed by atoms with E-state index in [0.29, 0.717) is 5.69 Å². The average molecular weight is 523 g/mol. The summed E-state index contributed by atoms with van der Waals surface area (Å²) in [5.41, 5.74) is -0.504. The molecule has 1 atom stereocenters. The number of carbonyl (C=O) groups excluding carboxylic acids is 1. The molecule has 1 aliphatic rings. The first kappa shape index (κ1) is 26.6. The Bertz CT molecular complexity index is 1290. The summed E-state index contributed by atoms with van der Waals surface area (Å²) in [6.07, 6.45) is -0.618. The first-order valence-corrected chi connectivity index (χ1v) is 12.0. The van der Waals surface area contributed by atoms with Gasteiger partial charge in [-0.3, -0.25) is 18.8 Å². The largest absolute Gasteiger partial charge is 0.416 e. The van der Waals surface area contributed by atoms with Crippen LogP contribution in [0.15, 0.2) is 35.4 Å². The molecule has 1 amide bonds. The summed E-state index contributed by atoms with van der Waals surface area (Å²) < 4.78 is 46.6. The van der Waals surface area contributed by atoms with Crippen molar-refractivity contribution in [2.24, 2.45) is 7.05 Å². The van der Waals surface area contributed by atoms with E-state index in [1.807, 2.05) is 0 Å². The molecule has 200 valence electrons. The van der Waals surface area contributed by atoms with Gasteiger partial charge in [-0.05, 0) is 56.9 Å². The van der Waals surface area contributed by atoms with E-state index in [1.165, 1.54) is 27.7 Å². The highest BCUT2D eigenvalue weighted by Gasteiger charge is 2.30. The molecule has 0 saturated heterocycles. The normalized spacial score (nSPS) is 19.1. The molecule has 0 aliphatic heterocycles. The van der Waals surface area contributed by atoms with Gasteiger partial charge in [0.25, 0.3) is 5.56 Å². The van der Waals surface area contributed by atoms with Gasteiger partial charge in [0, 0.05) is 18.8 Å². The van der Waals surface area contributed by atoms with Gasteiger partial charge in [-0.2, -0.15) is 18.3 Å². The summed E-state index contributed by atoms with van der Waals surface area (Å²) >= 11 is 0. The predicted molar refractivity (Wildman–Crippen MR) is 129 cm³/mol. The number of nitrogens with one attached hydrogen (secondary N) is 2. The van der Waals surface area contributed by atoms with Crippen LogP contribution >= 0.6 is 0 Å². The van der Waals surface area contributed by atoms with E-state index in [2.05, 4.69) is 20.7 Å². The molecule has 4 rings (SSSR count). The Morgan fingerprint density at radius 1 is 1.22 bits per heavy atom. The van der Waals surface area contributed by atoms with Gasteiger partial charge in [-0.15, -0.1) is 0 Å². The number of rotatable bonds is 8. The van der Waals surface area contributed by atoms with E-state index in [0.717, 1.165) is 37.8 Å². The van der Waals surface area contributed by atoms with Crippen molar-refractivity contribution in [3.63, 3.8) is 0 Å². The number of hydrogen-bond donors (Lipinski definition) is 3. The van der Waals surface area contributed by atoms with Crippen LogP contribution in [0.3, 0.4) is 0 Å². The maximum Gasteiger partial charge on any atom is 0.416 e. The lowest BCUT2D eigenvalue weighted by Crippen LogP contribution is -2.42. The number of amides is 1. The van der Waals surface area contributed by atoms with Gasteiger partial charge in [0.1, 0.15) is 12.1 Å². The number of carbonyl (C=O) groups is 1. The zero-order valence-corrected chi connectivity index (χ0v) is 20.5. The van der Waals surface area contributed by atoms with Crippen LogP contribution in [0.4, 0.5) is 24.7 Å². The van der Waals surface area contributed by atoms with Crippen molar-refractivity contribution in [2.45, 2.75) is 63.6 Å². The smallest absolute Gasteiger partial charge is 0.391 e. The fourth-order valence-electron chi connectivity index (χ4n) is 4.34. The van der Waals surface area contributed by atoms with Gasteiger partial charge in [-0.25, -0.2) is 4.98 Å². The van der Waals surface area contributed by atoms with Crippen molar-refractivity contribution in [1.82, 2.24) is 24.6 Å². The zero-order chi connectivity index (χ0) is 26.7. The van der Waals surface area contributed by atoms with Crippen LogP contribution in [0.25, 0.3) is 11.0 Å². The predicted octanol–water partition coefficient (Wildman–Crippen LogP) is 2.72. The lowest BCUT2D eigenvalue weighted by molar-refractivity contribution is -0.137. The SMILES string of the molecule is C[C@H](O)CO[C@H]1CC[C@H](NC(=O)Cn2cnc3c(Nc4ccc(C(F)(F)F)cc4)nn(C)c3c2=O)CC1. The first-order valence-electron chi connectivity index (χ1n) is 12.0. The maximum atomic E-state index is 13.1. The van der Waals surface area contributed by atoms with Crippen molar-refractivity contribution in [3.8, 4) is 0 Å². The van der Waals surface area contributed by atoms with Crippen molar-refractivity contribution in [3.05, 3.63) is 46.5 Å². The fourth-order valence-corrected chi connectivity index (χ4v) is 4.34. The van der Waals surface area contributed by atoms with Gasteiger partial charge >= 0.3 is 6.18 Å². The molecule has 0 spiro atoms. The van der Waals surface area contributed by atoms with Crippen molar-refractivity contribution in [1.29, 1.82) is 0 Å². The van der Waals surface area contributed by atoms with Gasteiger partial charge in [0.2, 0.25) is 5.91 Å². The number of aliphatic hydroxyl groups is 1. The van der Waals surface area contributed by atoms with Crippen molar-refractivity contribution in [2.75, 3.05) is 11.9 Å². The van der Waals surface area contributed by atoms with Crippen molar-refractivity contribution < 1.29 is 27.8 Å². The number of nitrogens with zero attached hydrogens (tertiary/aromatic N) is 4. The van der Waals surface area contributed by atoms with Crippen LogP contribution in [0, 0.1) is 0 Å². The van der Waals surface area contributed by atoms with Crippen LogP contribution in [0.2, 0.25) is 0 Å². The number of alkyl halides is 3. The van der Waals surface area contributed by atoms with Gasteiger partial charge in [-0.1, -0.05) is 0 Å². The molecular weight excluding hydrogens is 493 g/mol. The number of benzene rings is 1. The van der Waals surface area contributed by atoms with Crippen LogP contribution in [-0.4, -0.2) is 55.2 Å². The minimum Gasteiger partial charge on any atom is -0.391 e. The van der Waals surface area contributed by atoms with E-state index in [1.54, 1.807) is 14.0 Å². The fraction of sp³-hybridized carbons (Fsp3) is 0.500. The Morgan fingerprint density at radius 2 is 1.89 bits per heavy atom. The Balaban J connectivity index is 1.40. The number of halogens is 3.